The van der Waals surface area contributed by atoms with Crippen LogP contribution >= 0.6 is 0 Å². The van der Waals surface area contributed by atoms with Crippen molar-refractivity contribution < 1.29 is 9.53 Å². The van der Waals surface area contributed by atoms with Crippen LogP contribution in [0.4, 0.5) is 0 Å². The smallest absolute Gasteiger partial charge is 0.307 e. The second-order valence-electron chi connectivity index (χ2n) is 6.50. The van der Waals surface area contributed by atoms with E-state index in [4.69, 9.17) is 4.74 Å². The highest BCUT2D eigenvalue weighted by molar-refractivity contribution is 6.95. The fourth-order valence-corrected chi connectivity index (χ4v) is 5.59. The maximum Gasteiger partial charge on any atom is 0.307 e. The van der Waals surface area contributed by atoms with Gasteiger partial charge in [-0.15, -0.1) is 0 Å². The summed E-state index contributed by atoms with van der Waals surface area (Å²) in [5.41, 5.74) is 2.27. The Hall–Kier alpha value is -1.61. The summed E-state index contributed by atoms with van der Waals surface area (Å²) in [5.74, 6) is -0.241. The maximum absolute atomic E-state index is 11.8. The third-order valence-electron chi connectivity index (χ3n) is 4.06. The van der Waals surface area contributed by atoms with Crippen molar-refractivity contribution in [2.24, 2.45) is 0 Å². The minimum Gasteiger partial charge on any atom is -0.436 e. The fraction of sp³-hybridized carbons (Fsp3) is 0.450. The van der Waals surface area contributed by atoms with Crippen LogP contribution < -0.4 is 5.19 Å². The standard InChI is InChI=1S/C20H30O2Si/c1-7-12-16(3)19(13-8-2)20(22-17(4)21)23(5,6)18-14-10-9-11-15-18/h9-11,14-15H,3,7-8,12-13H2,1-2,4-6H3/b20-19-. The van der Waals surface area contributed by atoms with Gasteiger partial charge in [0.15, 0.2) is 8.07 Å². The zero-order valence-electron chi connectivity index (χ0n) is 15.2. The first-order valence-electron chi connectivity index (χ1n) is 8.50. The molecule has 2 nitrogen and oxygen atoms in total. The summed E-state index contributed by atoms with van der Waals surface area (Å²) in [4.78, 5) is 11.8. The van der Waals surface area contributed by atoms with E-state index in [1.807, 2.05) is 6.07 Å². The molecule has 0 aliphatic heterocycles. The topological polar surface area (TPSA) is 26.3 Å². The Balaban J connectivity index is 3.47. The number of allylic oxidation sites excluding steroid dienone is 2. The third-order valence-corrected chi connectivity index (χ3v) is 7.38. The van der Waals surface area contributed by atoms with E-state index < -0.39 is 8.07 Å². The second kappa shape index (κ2) is 8.87. The van der Waals surface area contributed by atoms with Crippen molar-refractivity contribution in [2.45, 2.75) is 59.5 Å². The summed E-state index contributed by atoms with van der Waals surface area (Å²) in [7, 11) is -2.09. The molecule has 0 saturated carbocycles. The first kappa shape index (κ1) is 19.4. The zero-order valence-corrected chi connectivity index (χ0v) is 16.2. The van der Waals surface area contributed by atoms with Crippen molar-refractivity contribution in [1.82, 2.24) is 0 Å². The van der Waals surface area contributed by atoms with E-state index in [9.17, 15) is 4.79 Å². The lowest BCUT2D eigenvalue weighted by molar-refractivity contribution is -0.136. The van der Waals surface area contributed by atoms with Gasteiger partial charge in [0.05, 0.1) is 5.38 Å². The molecule has 0 spiro atoms. The average Bonchev–Trinajstić information content (AvgIpc) is 2.51. The summed E-state index contributed by atoms with van der Waals surface area (Å²) in [6, 6.07) is 10.4. The van der Waals surface area contributed by atoms with Gasteiger partial charge in [0.25, 0.3) is 0 Å². The molecule has 0 amide bonds. The molecular weight excluding hydrogens is 300 g/mol. The SMILES string of the molecule is C=C(CCC)/C(CCC)=C(/OC(C)=O)[Si](C)(C)c1ccccc1. The molecule has 126 valence electrons. The van der Waals surface area contributed by atoms with E-state index >= 15 is 0 Å². The molecule has 0 fully saturated rings. The largest absolute Gasteiger partial charge is 0.436 e. The number of ether oxygens (including phenoxy) is 1. The lowest BCUT2D eigenvalue weighted by Gasteiger charge is -2.29. The molecule has 23 heavy (non-hydrogen) atoms. The molecule has 1 aromatic carbocycles. The van der Waals surface area contributed by atoms with Crippen LogP contribution in [0, 0.1) is 0 Å². The molecule has 1 rings (SSSR count). The monoisotopic (exact) mass is 330 g/mol. The van der Waals surface area contributed by atoms with Gasteiger partial charge < -0.3 is 4.74 Å². The molecule has 0 atom stereocenters. The maximum atomic E-state index is 11.8. The van der Waals surface area contributed by atoms with Gasteiger partial charge in [-0.1, -0.05) is 81.9 Å². The second-order valence-corrected chi connectivity index (χ2v) is 10.8. The van der Waals surface area contributed by atoms with E-state index in [1.165, 1.54) is 12.1 Å². The van der Waals surface area contributed by atoms with Crippen molar-refractivity contribution in [3.8, 4) is 0 Å². The Labute approximate surface area is 142 Å². The highest BCUT2D eigenvalue weighted by atomic mass is 28.3. The van der Waals surface area contributed by atoms with Crippen LogP contribution in [0.15, 0.2) is 53.4 Å². The lowest BCUT2D eigenvalue weighted by Crippen LogP contribution is -2.46. The Morgan fingerprint density at radius 2 is 1.65 bits per heavy atom. The zero-order chi connectivity index (χ0) is 17.5. The van der Waals surface area contributed by atoms with E-state index in [0.717, 1.165) is 42.2 Å². The molecule has 0 bridgehead atoms. The molecule has 0 aliphatic rings. The quantitative estimate of drug-likeness (QED) is 0.286. The molecule has 0 radical (unpaired) electrons. The Morgan fingerprint density at radius 3 is 2.13 bits per heavy atom. The molecule has 0 saturated heterocycles. The molecule has 0 heterocycles. The predicted octanol–water partition coefficient (Wildman–Crippen LogP) is 5.11. The van der Waals surface area contributed by atoms with Gasteiger partial charge in [0.1, 0.15) is 0 Å². The highest BCUT2D eigenvalue weighted by Crippen LogP contribution is 2.29. The average molecular weight is 331 g/mol. The molecule has 3 heteroatoms. The van der Waals surface area contributed by atoms with Crippen molar-refractivity contribution >= 4 is 19.2 Å². The predicted molar refractivity (Wildman–Crippen MR) is 101 cm³/mol. The van der Waals surface area contributed by atoms with Crippen LogP contribution in [0.5, 0.6) is 0 Å². The molecule has 0 aromatic heterocycles. The van der Waals surface area contributed by atoms with Crippen LogP contribution in [-0.4, -0.2) is 14.0 Å². The number of hydrogen-bond donors (Lipinski definition) is 0. The molecule has 0 aliphatic carbocycles. The molecule has 0 unspecified atom stereocenters. The van der Waals surface area contributed by atoms with E-state index in [-0.39, 0.29) is 5.97 Å². The Morgan fingerprint density at radius 1 is 1.09 bits per heavy atom. The van der Waals surface area contributed by atoms with Crippen LogP contribution in [0.25, 0.3) is 0 Å². The number of carbonyl (C=O) groups is 1. The van der Waals surface area contributed by atoms with Crippen molar-refractivity contribution in [3.63, 3.8) is 0 Å². The van der Waals surface area contributed by atoms with Crippen LogP contribution in [0.2, 0.25) is 13.1 Å². The molecule has 1 aromatic rings. The normalized spacial score (nSPS) is 12.6. The Kier molecular flexibility index (Phi) is 7.50. The highest BCUT2D eigenvalue weighted by Gasteiger charge is 2.34. The molecular formula is C20H30O2Si. The van der Waals surface area contributed by atoms with Gasteiger partial charge >= 0.3 is 5.97 Å². The fourth-order valence-electron chi connectivity index (χ4n) is 2.85. The number of esters is 1. The van der Waals surface area contributed by atoms with Gasteiger partial charge in [0, 0.05) is 6.92 Å². The first-order chi connectivity index (χ1) is 10.8. The summed E-state index contributed by atoms with van der Waals surface area (Å²) < 4.78 is 5.79. The van der Waals surface area contributed by atoms with Crippen molar-refractivity contribution in [1.29, 1.82) is 0 Å². The summed E-state index contributed by atoms with van der Waals surface area (Å²) in [6.07, 6.45) is 3.92. The van der Waals surface area contributed by atoms with Crippen LogP contribution in [0.1, 0.15) is 46.5 Å². The number of benzene rings is 1. The summed E-state index contributed by atoms with van der Waals surface area (Å²) >= 11 is 0. The van der Waals surface area contributed by atoms with Crippen LogP contribution in [-0.2, 0) is 9.53 Å². The van der Waals surface area contributed by atoms with Gasteiger partial charge in [-0.05, 0) is 24.0 Å². The van der Waals surface area contributed by atoms with Crippen molar-refractivity contribution in [2.75, 3.05) is 0 Å². The van der Waals surface area contributed by atoms with Gasteiger partial charge in [0.2, 0.25) is 0 Å². The lowest BCUT2D eigenvalue weighted by atomic mass is 10.0. The number of hydrogen-bond acceptors (Lipinski definition) is 2. The Bertz CT molecular complexity index is 571. The summed E-state index contributed by atoms with van der Waals surface area (Å²) in [5, 5.41) is 2.16. The van der Waals surface area contributed by atoms with Gasteiger partial charge in [-0.3, -0.25) is 4.79 Å². The van der Waals surface area contributed by atoms with E-state index in [1.54, 1.807) is 0 Å². The first-order valence-corrected chi connectivity index (χ1v) is 11.5. The van der Waals surface area contributed by atoms with Crippen molar-refractivity contribution in [3.05, 3.63) is 53.4 Å². The van der Waals surface area contributed by atoms with Gasteiger partial charge in [-0.2, -0.15) is 0 Å². The van der Waals surface area contributed by atoms with E-state index in [2.05, 4.69) is 57.8 Å². The van der Waals surface area contributed by atoms with E-state index in [0.29, 0.717) is 0 Å². The minimum atomic E-state index is -2.09. The molecule has 0 N–H and O–H groups in total. The third kappa shape index (κ3) is 5.21. The number of rotatable bonds is 8. The van der Waals surface area contributed by atoms with Gasteiger partial charge in [-0.25, -0.2) is 0 Å². The number of carbonyl (C=O) groups excluding carboxylic acids is 1. The summed E-state index contributed by atoms with van der Waals surface area (Å²) in [6.45, 7) is 14.6. The minimum absolute atomic E-state index is 0.241. The van der Waals surface area contributed by atoms with Crippen LogP contribution in [0.3, 0.4) is 0 Å².